The number of hydrogen-bond donors (Lipinski definition) is 1. The number of aryl methyl sites for hydroxylation is 1. The van der Waals surface area contributed by atoms with Crippen LogP contribution in [0, 0.1) is 6.92 Å². The number of benzene rings is 1. The predicted molar refractivity (Wildman–Crippen MR) is 55.3 cm³/mol. The van der Waals surface area contributed by atoms with E-state index in [4.69, 9.17) is 0 Å². The van der Waals surface area contributed by atoms with Gasteiger partial charge in [0.2, 0.25) is 0 Å². The molecule has 0 aliphatic heterocycles. The predicted octanol–water partition coefficient (Wildman–Crippen LogP) is 4.08. The zero-order valence-corrected chi connectivity index (χ0v) is 9.28. The Bertz CT molecular complexity index is 386. The topological polar surface area (TPSA) is 12.0 Å². The minimum atomic E-state index is -4.47. The maximum absolute atomic E-state index is 12.4. The summed E-state index contributed by atoms with van der Waals surface area (Å²) in [7, 11) is 0. The van der Waals surface area contributed by atoms with E-state index in [1.54, 1.807) is 6.92 Å². The summed E-state index contributed by atoms with van der Waals surface area (Å²) in [6.45, 7) is 2.77. The molecule has 1 aromatic carbocycles. The van der Waals surface area contributed by atoms with Crippen LogP contribution in [0.2, 0.25) is 0 Å². The first-order chi connectivity index (χ1) is 7.71. The number of halogens is 5. The van der Waals surface area contributed by atoms with Gasteiger partial charge in [0.25, 0.3) is 6.43 Å². The standard InChI is InChI=1S/C11H12F5N/c1-6-3-4-8(11(14,15)16)5-9(6)17-7(2)10(12)13/h3-5,7,10,17H,1-2H3. The van der Waals surface area contributed by atoms with Crippen molar-refractivity contribution in [1.29, 1.82) is 0 Å². The minimum absolute atomic E-state index is 0.0765. The first kappa shape index (κ1) is 13.7. The van der Waals surface area contributed by atoms with Crippen LogP contribution in [0.1, 0.15) is 18.1 Å². The highest BCUT2D eigenvalue weighted by atomic mass is 19.4. The zero-order valence-electron chi connectivity index (χ0n) is 9.28. The van der Waals surface area contributed by atoms with Gasteiger partial charge < -0.3 is 5.32 Å². The van der Waals surface area contributed by atoms with Gasteiger partial charge in [-0.3, -0.25) is 0 Å². The molecule has 0 aromatic heterocycles. The SMILES string of the molecule is Cc1ccc(C(F)(F)F)cc1NC(C)C(F)F. The van der Waals surface area contributed by atoms with Crippen molar-refractivity contribution < 1.29 is 22.0 Å². The fraction of sp³-hybridized carbons (Fsp3) is 0.455. The first-order valence-electron chi connectivity index (χ1n) is 4.94. The summed E-state index contributed by atoms with van der Waals surface area (Å²) in [5.74, 6) is 0. The average molecular weight is 253 g/mol. The van der Waals surface area contributed by atoms with Crippen molar-refractivity contribution >= 4 is 5.69 Å². The van der Waals surface area contributed by atoms with Crippen molar-refractivity contribution in [3.63, 3.8) is 0 Å². The summed E-state index contributed by atoms with van der Waals surface area (Å²) in [6.07, 6.45) is -7.11. The summed E-state index contributed by atoms with van der Waals surface area (Å²) in [5, 5.41) is 2.37. The second-order valence-corrected chi connectivity index (χ2v) is 3.79. The lowest BCUT2D eigenvalue weighted by atomic mass is 10.1. The first-order valence-corrected chi connectivity index (χ1v) is 4.94. The second kappa shape index (κ2) is 4.89. The van der Waals surface area contributed by atoms with Gasteiger partial charge >= 0.3 is 6.18 Å². The normalized spacial score (nSPS) is 13.9. The molecular formula is C11H12F5N. The molecule has 0 saturated heterocycles. The summed E-state index contributed by atoms with van der Waals surface area (Å²) < 4.78 is 61.8. The van der Waals surface area contributed by atoms with Crippen LogP contribution in [-0.4, -0.2) is 12.5 Å². The molecule has 0 radical (unpaired) electrons. The molecule has 1 unspecified atom stereocenters. The van der Waals surface area contributed by atoms with Gasteiger partial charge in [0.1, 0.15) is 0 Å². The van der Waals surface area contributed by atoms with E-state index in [-0.39, 0.29) is 5.69 Å². The van der Waals surface area contributed by atoms with Gasteiger partial charge in [-0.1, -0.05) is 6.07 Å². The number of alkyl halides is 5. The van der Waals surface area contributed by atoms with Crippen molar-refractivity contribution in [2.75, 3.05) is 5.32 Å². The molecule has 0 fully saturated rings. The van der Waals surface area contributed by atoms with E-state index in [0.717, 1.165) is 12.1 Å². The highest BCUT2D eigenvalue weighted by Gasteiger charge is 2.31. The zero-order chi connectivity index (χ0) is 13.2. The van der Waals surface area contributed by atoms with Crippen LogP contribution in [-0.2, 0) is 6.18 Å². The van der Waals surface area contributed by atoms with Crippen molar-refractivity contribution in [2.24, 2.45) is 0 Å². The molecule has 0 bridgehead atoms. The van der Waals surface area contributed by atoms with E-state index in [2.05, 4.69) is 5.32 Å². The van der Waals surface area contributed by atoms with Crippen LogP contribution in [0.25, 0.3) is 0 Å². The van der Waals surface area contributed by atoms with E-state index < -0.39 is 24.2 Å². The summed E-state index contributed by atoms with van der Waals surface area (Å²) in [6, 6.07) is 1.82. The number of hydrogen-bond acceptors (Lipinski definition) is 1. The summed E-state index contributed by atoms with van der Waals surface area (Å²) in [5.41, 5.74) is -0.287. The molecular weight excluding hydrogens is 241 g/mol. The third-order valence-corrected chi connectivity index (χ3v) is 2.33. The molecule has 1 N–H and O–H groups in total. The molecule has 1 aromatic rings. The van der Waals surface area contributed by atoms with Gasteiger partial charge in [0.05, 0.1) is 11.6 Å². The Morgan fingerprint density at radius 3 is 2.24 bits per heavy atom. The van der Waals surface area contributed by atoms with Crippen molar-refractivity contribution in [3.05, 3.63) is 29.3 Å². The average Bonchev–Trinajstić information content (AvgIpc) is 2.19. The third-order valence-electron chi connectivity index (χ3n) is 2.33. The van der Waals surface area contributed by atoms with Crippen molar-refractivity contribution in [1.82, 2.24) is 0 Å². The van der Waals surface area contributed by atoms with Gasteiger partial charge in [-0.2, -0.15) is 13.2 Å². The van der Waals surface area contributed by atoms with Crippen LogP contribution < -0.4 is 5.32 Å². The smallest absolute Gasteiger partial charge is 0.377 e. The molecule has 0 spiro atoms. The molecule has 6 heteroatoms. The van der Waals surface area contributed by atoms with Gasteiger partial charge in [0, 0.05) is 5.69 Å². The summed E-state index contributed by atoms with van der Waals surface area (Å²) >= 11 is 0. The lowest BCUT2D eigenvalue weighted by Gasteiger charge is -2.17. The van der Waals surface area contributed by atoms with Gasteiger partial charge in [-0.05, 0) is 31.5 Å². The highest BCUT2D eigenvalue weighted by molar-refractivity contribution is 5.53. The highest BCUT2D eigenvalue weighted by Crippen LogP contribution is 2.32. The Morgan fingerprint density at radius 1 is 1.18 bits per heavy atom. The van der Waals surface area contributed by atoms with Crippen LogP contribution >= 0.6 is 0 Å². The molecule has 0 aliphatic rings. The quantitative estimate of drug-likeness (QED) is 0.800. The Balaban J connectivity index is 2.99. The van der Waals surface area contributed by atoms with E-state index in [1.807, 2.05) is 0 Å². The Morgan fingerprint density at radius 2 is 1.76 bits per heavy atom. The Kier molecular flexibility index (Phi) is 3.95. The van der Waals surface area contributed by atoms with E-state index in [0.29, 0.717) is 5.56 Å². The lowest BCUT2D eigenvalue weighted by molar-refractivity contribution is -0.137. The van der Waals surface area contributed by atoms with Crippen molar-refractivity contribution in [3.8, 4) is 0 Å². The van der Waals surface area contributed by atoms with Crippen LogP contribution in [0.3, 0.4) is 0 Å². The second-order valence-electron chi connectivity index (χ2n) is 3.79. The minimum Gasteiger partial charge on any atom is -0.377 e. The van der Waals surface area contributed by atoms with E-state index in [9.17, 15) is 22.0 Å². The molecule has 0 heterocycles. The fourth-order valence-corrected chi connectivity index (χ4v) is 1.26. The molecule has 0 amide bonds. The molecule has 1 atom stereocenters. The van der Waals surface area contributed by atoms with Crippen molar-refractivity contribution in [2.45, 2.75) is 32.5 Å². The maximum atomic E-state index is 12.4. The van der Waals surface area contributed by atoms with Crippen LogP contribution in [0.5, 0.6) is 0 Å². The molecule has 1 nitrogen and oxygen atoms in total. The number of rotatable bonds is 3. The Labute approximate surface area is 95.6 Å². The van der Waals surface area contributed by atoms with Gasteiger partial charge in [-0.25, -0.2) is 8.78 Å². The van der Waals surface area contributed by atoms with Gasteiger partial charge in [-0.15, -0.1) is 0 Å². The van der Waals surface area contributed by atoms with E-state index in [1.165, 1.54) is 13.0 Å². The maximum Gasteiger partial charge on any atom is 0.416 e. The van der Waals surface area contributed by atoms with E-state index >= 15 is 0 Å². The summed E-state index contributed by atoms with van der Waals surface area (Å²) in [4.78, 5) is 0. The molecule has 96 valence electrons. The fourth-order valence-electron chi connectivity index (χ4n) is 1.26. The lowest BCUT2D eigenvalue weighted by Crippen LogP contribution is -2.24. The Hall–Kier alpha value is -1.33. The largest absolute Gasteiger partial charge is 0.416 e. The monoisotopic (exact) mass is 253 g/mol. The van der Waals surface area contributed by atoms with Gasteiger partial charge in [0.15, 0.2) is 0 Å². The van der Waals surface area contributed by atoms with Crippen LogP contribution in [0.4, 0.5) is 27.6 Å². The molecule has 1 rings (SSSR count). The third kappa shape index (κ3) is 3.57. The number of anilines is 1. The molecule has 17 heavy (non-hydrogen) atoms. The number of nitrogens with one attached hydrogen (secondary N) is 1. The molecule has 0 saturated carbocycles. The van der Waals surface area contributed by atoms with Crippen LogP contribution in [0.15, 0.2) is 18.2 Å². The molecule has 0 aliphatic carbocycles.